The molecule has 0 aromatic heterocycles. The first-order valence-electron chi connectivity index (χ1n) is 7.33. The minimum atomic E-state index is -0.718. The van der Waals surface area contributed by atoms with Gasteiger partial charge in [0.1, 0.15) is 6.04 Å². The molecule has 0 aliphatic heterocycles. The van der Waals surface area contributed by atoms with Crippen LogP contribution in [0.1, 0.15) is 39.0 Å². The van der Waals surface area contributed by atoms with Gasteiger partial charge >= 0.3 is 0 Å². The molecule has 5 heteroatoms. The molecule has 112 valence electrons. The fraction of sp³-hybridized carbons (Fsp3) is 0.929. The van der Waals surface area contributed by atoms with Crippen molar-refractivity contribution in [3.05, 3.63) is 0 Å². The molecular weight excluding hydrogens is 244 g/mol. The van der Waals surface area contributed by atoms with E-state index in [1.807, 2.05) is 0 Å². The molecule has 1 aliphatic carbocycles. The summed E-state index contributed by atoms with van der Waals surface area (Å²) in [6.45, 7) is 4.28. The zero-order valence-corrected chi connectivity index (χ0v) is 12.0. The molecule has 1 saturated carbocycles. The lowest BCUT2D eigenvalue weighted by Crippen LogP contribution is -2.40. The number of hydrogen-bond acceptors (Lipinski definition) is 4. The molecule has 0 aromatic carbocycles. The van der Waals surface area contributed by atoms with E-state index >= 15 is 0 Å². The predicted molar refractivity (Wildman–Crippen MR) is 74.5 cm³/mol. The molecule has 0 aromatic rings. The van der Waals surface area contributed by atoms with Crippen LogP contribution in [0.3, 0.4) is 0 Å². The van der Waals surface area contributed by atoms with E-state index in [9.17, 15) is 4.79 Å². The van der Waals surface area contributed by atoms with Crippen molar-refractivity contribution in [3.63, 3.8) is 0 Å². The summed E-state index contributed by atoms with van der Waals surface area (Å²) < 4.78 is 10.8. The van der Waals surface area contributed by atoms with Gasteiger partial charge in [-0.2, -0.15) is 0 Å². The molecule has 0 bridgehead atoms. The summed E-state index contributed by atoms with van der Waals surface area (Å²) in [5, 5.41) is 0. The maximum atomic E-state index is 10.7. The highest BCUT2D eigenvalue weighted by molar-refractivity contribution is 5.79. The number of nitrogens with two attached hydrogens (primary N) is 2. The number of primary amides is 1. The average Bonchev–Trinajstić information content (AvgIpc) is 2.42. The Bertz CT molecular complexity index is 253. The molecule has 0 radical (unpaired) electrons. The van der Waals surface area contributed by atoms with Gasteiger partial charge in [-0.05, 0) is 24.7 Å². The molecule has 1 aliphatic rings. The zero-order valence-electron chi connectivity index (χ0n) is 12.0. The van der Waals surface area contributed by atoms with Crippen molar-refractivity contribution in [1.82, 2.24) is 0 Å². The highest BCUT2D eigenvalue weighted by Crippen LogP contribution is 2.30. The van der Waals surface area contributed by atoms with Gasteiger partial charge < -0.3 is 20.9 Å². The number of ether oxygens (including phenoxy) is 2. The predicted octanol–water partition coefficient (Wildman–Crippen LogP) is 1.05. The molecule has 1 fully saturated rings. The summed E-state index contributed by atoms with van der Waals surface area (Å²) in [5.74, 6) is 1.10. The Morgan fingerprint density at radius 3 is 2.32 bits per heavy atom. The van der Waals surface area contributed by atoms with Crippen molar-refractivity contribution in [3.8, 4) is 0 Å². The van der Waals surface area contributed by atoms with E-state index in [4.69, 9.17) is 20.9 Å². The van der Waals surface area contributed by atoms with Crippen molar-refractivity contribution < 1.29 is 14.3 Å². The molecule has 4 N–H and O–H groups in total. The molecule has 19 heavy (non-hydrogen) atoms. The largest absolute Gasteiger partial charge is 0.379 e. The number of rotatable bonds is 9. The minimum absolute atomic E-state index is 0.167. The Labute approximate surface area is 116 Å². The third-order valence-electron chi connectivity index (χ3n) is 3.93. The fourth-order valence-corrected chi connectivity index (χ4v) is 2.47. The average molecular weight is 272 g/mol. The second-order valence-electron chi connectivity index (χ2n) is 5.45. The molecular formula is C14H28N2O3. The third kappa shape index (κ3) is 6.89. The van der Waals surface area contributed by atoms with E-state index in [1.165, 1.54) is 32.1 Å². The molecule has 5 nitrogen and oxygen atoms in total. The lowest BCUT2D eigenvalue weighted by atomic mass is 9.81. The summed E-state index contributed by atoms with van der Waals surface area (Å²) in [5.41, 5.74) is 10.5. The van der Waals surface area contributed by atoms with Gasteiger partial charge in [0.15, 0.2) is 0 Å². The van der Waals surface area contributed by atoms with Gasteiger partial charge in [-0.15, -0.1) is 0 Å². The second kappa shape index (κ2) is 9.28. The second-order valence-corrected chi connectivity index (χ2v) is 5.45. The van der Waals surface area contributed by atoms with Crippen LogP contribution in [0, 0.1) is 11.8 Å². The van der Waals surface area contributed by atoms with Crippen molar-refractivity contribution in [2.45, 2.75) is 45.1 Å². The monoisotopic (exact) mass is 272 g/mol. The molecule has 0 heterocycles. The van der Waals surface area contributed by atoms with Crippen LogP contribution in [0.15, 0.2) is 0 Å². The molecule has 0 saturated heterocycles. The van der Waals surface area contributed by atoms with E-state index in [0.717, 1.165) is 12.5 Å². The van der Waals surface area contributed by atoms with Crippen LogP contribution in [0.2, 0.25) is 0 Å². The van der Waals surface area contributed by atoms with Gasteiger partial charge in [-0.25, -0.2) is 0 Å². The normalized spacial score (nSPS) is 25.2. The summed E-state index contributed by atoms with van der Waals surface area (Å²) >= 11 is 0. The Morgan fingerprint density at radius 2 is 1.74 bits per heavy atom. The summed E-state index contributed by atoms with van der Waals surface area (Å²) in [6.07, 6.45) is 6.56. The van der Waals surface area contributed by atoms with Crippen LogP contribution in [-0.2, 0) is 14.3 Å². The summed E-state index contributed by atoms with van der Waals surface area (Å²) in [4.78, 5) is 10.7. The van der Waals surface area contributed by atoms with Crippen LogP contribution in [-0.4, -0.2) is 38.4 Å². The van der Waals surface area contributed by atoms with Gasteiger partial charge in [0, 0.05) is 6.61 Å². The summed E-state index contributed by atoms with van der Waals surface area (Å²) in [6, 6.07) is -0.718. The molecule has 0 spiro atoms. The number of carbonyl (C=O) groups is 1. The van der Waals surface area contributed by atoms with E-state index in [1.54, 1.807) is 0 Å². The Kier molecular flexibility index (Phi) is 8.02. The summed E-state index contributed by atoms with van der Waals surface area (Å²) in [7, 11) is 0. The van der Waals surface area contributed by atoms with E-state index in [-0.39, 0.29) is 6.61 Å². The molecule has 1 amide bonds. The quantitative estimate of drug-likeness (QED) is 0.614. The van der Waals surface area contributed by atoms with Crippen LogP contribution < -0.4 is 11.5 Å². The van der Waals surface area contributed by atoms with Crippen molar-refractivity contribution in [2.24, 2.45) is 23.3 Å². The van der Waals surface area contributed by atoms with E-state index < -0.39 is 11.9 Å². The number of amides is 1. The lowest BCUT2D eigenvalue weighted by molar-refractivity contribution is -0.120. The molecule has 1 rings (SSSR count). The van der Waals surface area contributed by atoms with Crippen molar-refractivity contribution in [2.75, 3.05) is 26.4 Å². The Balaban J connectivity index is 1.93. The topological polar surface area (TPSA) is 87.6 Å². The maximum Gasteiger partial charge on any atom is 0.236 e. The lowest BCUT2D eigenvalue weighted by Gasteiger charge is -2.27. The highest BCUT2D eigenvalue weighted by atomic mass is 16.5. The molecule has 1 unspecified atom stereocenters. The molecule has 1 atom stereocenters. The van der Waals surface area contributed by atoms with E-state index in [0.29, 0.717) is 19.1 Å². The Hall–Kier alpha value is -0.650. The first kappa shape index (κ1) is 16.4. The van der Waals surface area contributed by atoms with Gasteiger partial charge in [0.2, 0.25) is 5.91 Å². The van der Waals surface area contributed by atoms with Gasteiger partial charge in [0.05, 0.1) is 19.8 Å². The van der Waals surface area contributed by atoms with Gasteiger partial charge in [-0.1, -0.05) is 26.2 Å². The maximum absolute atomic E-state index is 10.7. The highest BCUT2D eigenvalue weighted by Gasteiger charge is 2.19. The van der Waals surface area contributed by atoms with E-state index in [2.05, 4.69) is 6.92 Å². The first-order valence-corrected chi connectivity index (χ1v) is 7.33. The fourth-order valence-electron chi connectivity index (χ4n) is 2.47. The van der Waals surface area contributed by atoms with Crippen LogP contribution >= 0.6 is 0 Å². The SMILES string of the molecule is CCC1CCC(COCCOCC(N)C(N)=O)CC1. The Morgan fingerprint density at radius 1 is 1.16 bits per heavy atom. The van der Waals surface area contributed by atoms with Crippen LogP contribution in [0.5, 0.6) is 0 Å². The zero-order chi connectivity index (χ0) is 14.1. The minimum Gasteiger partial charge on any atom is -0.379 e. The third-order valence-corrected chi connectivity index (χ3v) is 3.93. The van der Waals surface area contributed by atoms with Crippen molar-refractivity contribution >= 4 is 5.91 Å². The number of hydrogen-bond donors (Lipinski definition) is 2. The first-order chi connectivity index (χ1) is 9.13. The van der Waals surface area contributed by atoms with Crippen LogP contribution in [0.25, 0.3) is 0 Å². The van der Waals surface area contributed by atoms with Gasteiger partial charge in [0.25, 0.3) is 0 Å². The smallest absolute Gasteiger partial charge is 0.236 e. The van der Waals surface area contributed by atoms with Crippen LogP contribution in [0.4, 0.5) is 0 Å². The van der Waals surface area contributed by atoms with Gasteiger partial charge in [-0.3, -0.25) is 4.79 Å². The number of carbonyl (C=O) groups excluding carboxylic acids is 1. The standard InChI is InChI=1S/C14H28N2O3/c1-2-11-3-5-12(6-4-11)9-18-7-8-19-10-13(15)14(16)17/h11-13H,2-10,15H2,1H3,(H2,16,17). The van der Waals surface area contributed by atoms with Crippen molar-refractivity contribution in [1.29, 1.82) is 0 Å².